The number of benzene rings is 1. The molecule has 2 aromatic rings. The Hall–Kier alpha value is -1.63. The smallest absolute Gasteiger partial charge is 0.0978 e. The van der Waals surface area contributed by atoms with Crippen molar-refractivity contribution in [1.82, 2.24) is 4.98 Å². The number of nitrogens with zero attached hydrogens (tertiary/aromatic N) is 1. The Morgan fingerprint density at radius 3 is 2.50 bits per heavy atom. The van der Waals surface area contributed by atoms with E-state index in [0.717, 1.165) is 11.1 Å². The van der Waals surface area contributed by atoms with Gasteiger partial charge in [-0.05, 0) is 17.2 Å². The summed E-state index contributed by atoms with van der Waals surface area (Å²) in [6.07, 6.45) is 4.41. The summed E-state index contributed by atoms with van der Waals surface area (Å²) in [6, 6.07) is 15.0. The van der Waals surface area contributed by atoms with Gasteiger partial charge in [-0.1, -0.05) is 30.3 Å². The third-order valence-electron chi connectivity index (χ3n) is 1.66. The van der Waals surface area contributed by atoms with Gasteiger partial charge in [-0.2, -0.15) is 0 Å². The van der Waals surface area contributed by atoms with Gasteiger partial charge in [0.25, 0.3) is 0 Å². The van der Waals surface area contributed by atoms with Gasteiger partial charge in [0, 0.05) is 12.3 Å². The molecule has 0 aliphatic rings. The molecule has 0 N–H and O–H groups in total. The van der Waals surface area contributed by atoms with Crippen molar-refractivity contribution in [2.24, 2.45) is 0 Å². The second-order valence-corrected chi connectivity index (χ2v) is 2.46. The van der Waals surface area contributed by atoms with Crippen molar-refractivity contribution in [2.75, 3.05) is 0 Å². The highest BCUT2D eigenvalue weighted by molar-refractivity contribution is 5.61. The number of pyridine rings is 1. The van der Waals surface area contributed by atoms with E-state index in [-0.39, 0.29) is 0 Å². The van der Waals surface area contributed by atoms with Crippen molar-refractivity contribution in [2.45, 2.75) is 0 Å². The molecule has 1 heterocycles. The Labute approximate surface area is 71.7 Å². The first-order valence-electron chi connectivity index (χ1n) is 3.76. The summed E-state index contributed by atoms with van der Waals surface area (Å²) in [7, 11) is 0. The predicted octanol–water partition coefficient (Wildman–Crippen LogP) is 2.35. The van der Waals surface area contributed by atoms with E-state index in [0.29, 0.717) is 0 Å². The SMILES string of the molecule is [c]1[c]c(-c2ccccc2)ccn1. The van der Waals surface area contributed by atoms with E-state index in [1.807, 2.05) is 36.4 Å². The third kappa shape index (κ3) is 1.35. The first-order valence-corrected chi connectivity index (χ1v) is 3.76. The zero-order chi connectivity index (χ0) is 8.23. The molecule has 0 atom stereocenters. The van der Waals surface area contributed by atoms with E-state index >= 15 is 0 Å². The molecule has 0 saturated heterocycles. The van der Waals surface area contributed by atoms with Crippen LogP contribution >= 0.6 is 0 Å². The fourth-order valence-electron chi connectivity index (χ4n) is 1.07. The lowest BCUT2D eigenvalue weighted by Gasteiger charge is -1.97. The van der Waals surface area contributed by atoms with Gasteiger partial charge in [0.1, 0.15) is 0 Å². The maximum Gasteiger partial charge on any atom is 0.0978 e. The highest BCUT2D eigenvalue weighted by Crippen LogP contribution is 2.15. The van der Waals surface area contributed by atoms with Crippen LogP contribution in [0.15, 0.2) is 42.6 Å². The van der Waals surface area contributed by atoms with Gasteiger partial charge in [0.05, 0.1) is 6.20 Å². The summed E-state index contributed by atoms with van der Waals surface area (Å²) in [4.78, 5) is 3.79. The van der Waals surface area contributed by atoms with Gasteiger partial charge in [-0.25, -0.2) is 0 Å². The summed E-state index contributed by atoms with van der Waals surface area (Å²) < 4.78 is 0. The Kier molecular flexibility index (Phi) is 1.87. The van der Waals surface area contributed by atoms with Crippen molar-refractivity contribution < 1.29 is 0 Å². The molecule has 1 aromatic carbocycles. The fraction of sp³-hybridized carbons (Fsp3) is 0. The molecule has 0 fully saturated rings. The maximum absolute atomic E-state index is 3.79. The quantitative estimate of drug-likeness (QED) is 0.612. The largest absolute Gasteiger partial charge is 0.254 e. The van der Waals surface area contributed by atoms with E-state index in [1.165, 1.54) is 0 Å². The first kappa shape index (κ1) is 7.04. The van der Waals surface area contributed by atoms with Crippen LogP contribution in [0.1, 0.15) is 0 Å². The predicted molar refractivity (Wildman–Crippen MR) is 47.3 cm³/mol. The van der Waals surface area contributed by atoms with Crippen LogP contribution < -0.4 is 0 Å². The number of aromatic nitrogens is 1. The Morgan fingerprint density at radius 2 is 1.83 bits per heavy atom. The normalized spacial score (nSPS) is 9.67. The molecule has 1 nitrogen and oxygen atoms in total. The molecule has 2 rings (SSSR count). The van der Waals surface area contributed by atoms with Gasteiger partial charge in [-0.15, -0.1) is 0 Å². The van der Waals surface area contributed by atoms with E-state index in [2.05, 4.69) is 17.2 Å². The third-order valence-corrected chi connectivity index (χ3v) is 1.66. The van der Waals surface area contributed by atoms with E-state index < -0.39 is 0 Å². The molecular formula is C11H7N. The van der Waals surface area contributed by atoms with Gasteiger partial charge in [0.15, 0.2) is 0 Å². The second kappa shape index (κ2) is 3.18. The van der Waals surface area contributed by atoms with Crippen molar-refractivity contribution in [3.05, 3.63) is 54.9 Å². The topological polar surface area (TPSA) is 12.9 Å². The first-order chi connectivity index (χ1) is 5.97. The summed E-state index contributed by atoms with van der Waals surface area (Å²) >= 11 is 0. The van der Waals surface area contributed by atoms with Crippen LogP contribution in [-0.2, 0) is 0 Å². The molecule has 1 heteroatoms. The fourth-order valence-corrected chi connectivity index (χ4v) is 1.07. The Morgan fingerprint density at radius 1 is 1.00 bits per heavy atom. The molecule has 56 valence electrons. The lowest BCUT2D eigenvalue weighted by Crippen LogP contribution is -1.77. The minimum absolute atomic E-state index is 1.03. The maximum atomic E-state index is 3.79. The van der Waals surface area contributed by atoms with E-state index in [1.54, 1.807) is 6.20 Å². The summed E-state index contributed by atoms with van der Waals surface area (Å²) in [5, 5.41) is 0. The van der Waals surface area contributed by atoms with Gasteiger partial charge < -0.3 is 0 Å². The molecule has 0 aliphatic heterocycles. The number of rotatable bonds is 1. The van der Waals surface area contributed by atoms with E-state index in [9.17, 15) is 0 Å². The van der Waals surface area contributed by atoms with Crippen LogP contribution in [0.4, 0.5) is 0 Å². The summed E-state index contributed by atoms with van der Waals surface area (Å²) in [6.45, 7) is 0. The van der Waals surface area contributed by atoms with Crippen molar-refractivity contribution >= 4 is 0 Å². The molecule has 0 amide bonds. The van der Waals surface area contributed by atoms with Gasteiger partial charge >= 0.3 is 0 Å². The molecule has 0 spiro atoms. The van der Waals surface area contributed by atoms with Crippen LogP contribution in [0.25, 0.3) is 11.1 Å². The average Bonchev–Trinajstić information content (AvgIpc) is 2.21. The van der Waals surface area contributed by atoms with Crippen molar-refractivity contribution in [1.29, 1.82) is 0 Å². The van der Waals surface area contributed by atoms with Crippen LogP contribution in [0.3, 0.4) is 0 Å². The summed E-state index contributed by atoms with van der Waals surface area (Å²) in [5.41, 5.74) is 2.18. The van der Waals surface area contributed by atoms with Crippen LogP contribution in [0, 0.1) is 12.3 Å². The highest BCUT2D eigenvalue weighted by atomic mass is 14.6. The number of hydrogen-bond donors (Lipinski definition) is 0. The molecule has 0 aliphatic carbocycles. The van der Waals surface area contributed by atoms with Crippen LogP contribution in [-0.4, -0.2) is 4.98 Å². The van der Waals surface area contributed by atoms with Crippen molar-refractivity contribution in [3.8, 4) is 11.1 Å². The standard InChI is InChI=1S/C11H7N/c1-2-4-10(5-3-1)11-6-8-12-9-7-11/h1-6,8H. The second-order valence-electron chi connectivity index (χ2n) is 2.46. The van der Waals surface area contributed by atoms with Gasteiger partial charge in [0.2, 0.25) is 0 Å². The lowest BCUT2D eigenvalue weighted by atomic mass is 10.1. The monoisotopic (exact) mass is 153 g/mol. The summed E-state index contributed by atoms with van der Waals surface area (Å²) in [5.74, 6) is 0. The van der Waals surface area contributed by atoms with Crippen LogP contribution in [0.2, 0.25) is 0 Å². The molecule has 12 heavy (non-hydrogen) atoms. The lowest BCUT2D eigenvalue weighted by molar-refractivity contribution is 1.31. The van der Waals surface area contributed by atoms with Crippen LogP contribution in [0.5, 0.6) is 0 Å². The van der Waals surface area contributed by atoms with Crippen molar-refractivity contribution in [3.63, 3.8) is 0 Å². The zero-order valence-corrected chi connectivity index (χ0v) is 6.49. The Balaban J connectivity index is 2.46. The number of hydrogen-bond acceptors (Lipinski definition) is 1. The average molecular weight is 153 g/mol. The minimum Gasteiger partial charge on any atom is -0.254 e. The molecule has 1 aromatic heterocycles. The molecular weight excluding hydrogens is 146 g/mol. The molecule has 2 radical (unpaired) electrons. The zero-order valence-electron chi connectivity index (χ0n) is 6.49. The molecule has 0 saturated carbocycles. The van der Waals surface area contributed by atoms with E-state index in [4.69, 9.17) is 0 Å². The minimum atomic E-state index is 1.03. The Bertz CT molecular complexity index is 302. The van der Waals surface area contributed by atoms with Gasteiger partial charge in [-0.3, -0.25) is 4.98 Å². The highest BCUT2D eigenvalue weighted by Gasteiger charge is 1.93. The molecule has 0 bridgehead atoms. The molecule has 0 unspecified atom stereocenters.